The summed E-state index contributed by atoms with van der Waals surface area (Å²) in [6.07, 6.45) is 2.22. The van der Waals surface area contributed by atoms with Gasteiger partial charge in [0.05, 0.1) is 0 Å². The molecule has 0 fully saturated rings. The Balaban J connectivity index is 3.65. The highest BCUT2D eigenvalue weighted by Crippen LogP contribution is 2.16. The summed E-state index contributed by atoms with van der Waals surface area (Å²) in [5, 5.41) is 17.2. The maximum Gasteiger partial charge on any atom is 0.113 e. The molecule has 2 atom stereocenters. The van der Waals surface area contributed by atoms with Crippen molar-refractivity contribution < 1.29 is 15.3 Å². The van der Waals surface area contributed by atoms with Crippen LogP contribution in [0.15, 0.2) is 12.2 Å². The number of aliphatic hydroxyl groups excluding tert-OH is 1. The van der Waals surface area contributed by atoms with Crippen LogP contribution in [0.25, 0.3) is 0 Å². The van der Waals surface area contributed by atoms with Crippen molar-refractivity contribution in [3.8, 4) is 0 Å². The van der Waals surface area contributed by atoms with Gasteiger partial charge in [-0.15, -0.1) is 0 Å². The van der Waals surface area contributed by atoms with E-state index in [1.165, 1.54) is 0 Å². The van der Waals surface area contributed by atoms with Gasteiger partial charge >= 0.3 is 0 Å². The third-order valence-electron chi connectivity index (χ3n) is 2.22. The highest BCUT2D eigenvalue weighted by atomic mass is 17.1. The van der Waals surface area contributed by atoms with Crippen molar-refractivity contribution in [1.29, 1.82) is 0 Å². The van der Waals surface area contributed by atoms with E-state index >= 15 is 0 Å². The van der Waals surface area contributed by atoms with E-state index < -0.39 is 0 Å². The monoisotopic (exact) mass is 188 g/mol. The molecule has 0 aliphatic rings. The van der Waals surface area contributed by atoms with E-state index in [1.54, 1.807) is 0 Å². The molecule has 2 N–H and O–H groups in total. The number of rotatable bonds is 7. The van der Waals surface area contributed by atoms with Gasteiger partial charge in [0.15, 0.2) is 0 Å². The summed E-state index contributed by atoms with van der Waals surface area (Å²) in [4.78, 5) is 4.28. The summed E-state index contributed by atoms with van der Waals surface area (Å²) < 4.78 is 0. The zero-order chi connectivity index (χ0) is 10.3. The van der Waals surface area contributed by atoms with Gasteiger partial charge in [0.25, 0.3) is 0 Å². The lowest BCUT2D eigenvalue weighted by Crippen LogP contribution is -2.13. The predicted octanol–water partition coefficient (Wildman–Crippen LogP) is 2.22. The van der Waals surface area contributed by atoms with E-state index in [-0.39, 0.29) is 12.7 Å². The van der Waals surface area contributed by atoms with Gasteiger partial charge in [-0.2, -0.15) is 0 Å². The predicted molar refractivity (Wildman–Crippen MR) is 52.4 cm³/mol. The van der Waals surface area contributed by atoms with Gasteiger partial charge in [-0.1, -0.05) is 13.5 Å². The van der Waals surface area contributed by atoms with Crippen molar-refractivity contribution in [1.82, 2.24) is 0 Å². The maximum atomic E-state index is 8.67. The van der Waals surface area contributed by atoms with Gasteiger partial charge in [-0.05, 0) is 37.7 Å². The fraction of sp³-hybridized carbons (Fsp3) is 0.800. The van der Waals surface area contributed by atoms with Crippen LogP contribution < -0.4 is 0 Å². The first-order valence-electron chi connectivity index (χ1n) is 4.68. The molecule has 0 aliphatic heterocycles. The molecular formula is C10H20O3. The summed E-state index contributed by atoms with van der Waals surface area (Å²) in [5.74, 6) is 0.460. The summed E-state index contributed by atoms with van der Waals surface area (Å²) in [5.41, 5.74) is 0.832. The molecule has 0 bridgehead atoms. The van der Waals surface area contributed by atoms with Gasteiger partial charge in [-0.25, -0.2) is 4.89 Å². The molecule has 0 aromatic heterocycles. The standard InChI is InChI=1S/C10H20O3/c1-8(2)10(13-12)5-4-9(3)6-7-11/h9-12H,1,4-7H2,2-3H3/t9-,10-/m1/s1. The van der Waals surface area contributed by atoms with Crippen molar-refractivity contribution in [2.75, 3.05) is 6.61 Å². The Kier molecular flexibility index (Phi) is 6.86. The molecule has 0 amide bonds. The van der Waals surface area contributed by atoms with Gasteiger partial charge < -0.3 is 5.11 Å². The zero-order valence-electron chi connectivity index (χ0n) is 8.49. The minimum atomic E-state index is -0.263. The first kappa shape index (κ1) is 12.6. The lowest BCUT2D eigenvalue weighted by atomic mass is 9.98. The fourth-order valence-corrected chi connectivity index (χ4v) is 1.19. The first-order valence-corrected chi connectivity index (χ1v) is 4.68. The third-order valence-corrected chi connectivity index (χ3v) is 2.22. The van der Waals surface area contributed by atoms with Crippen LogP contribution in [0.2, 0.25) is 0 Å². The van der Waals surface area contributed by atoms with E-state index in [0.717, 1.165) is 24.8 Å². The second-order valence-electron chi connectivity index (χ2n) is 3.64. The minimum Gasteiger partial charge on any atom is -0.396 e. The average molecular weight is 188 g/mol. The van der Waals surface area contributed by atoms with E-state index in [2.05, 4.69) is 18.4 Å². The average Bonchev–Trinajstić information content (AvgIpc) is 2.05. The van der Waals surface area contributed by atoms with Gasteiger partial charge in [0.1, 0.15) is 6.10 Å². The lowest BCUT2D eigenvalue weighted by Gasteiger charge is -2.15. The number of hydrogen-bond donors (Lipinski definition) is 2. The van der Waals surface area contributed by atoms with Crippen LogP contribution in [0, 0.1) is 5.92 Å². The first-order chi connectivity index (χ1) is 6.11. The maximum absolute atomic E-state index is 8.67. The molecule has 0 aromatic rings. The van der Waals surface area contributed by atoms with E-state index in [4.69, 9.17) is 10.4 Å². The van der Waals surface area contributed by atoms with Crippen LogP contribution in [0.4, 0.5) is 0 Å². The Morgan fingerprint density at radius 3 is 2.38 bits per heavy atom. The van der Waals surface area contributed by atoms with Crippen LogP contribution >= 0.6 is 0 Å². The Morgan fingerprint density at radius 1 is 1.38 bits per heavy atom. The van der Waals surface area contributed by atoms with Gasteiger partial charge in [0.2, 0.25) is 0 Å². The van der Waals surface area contributed by atoms with Crippen molar-refractivity contribution in [2.45, 2.75) is 39.2 Å². The van der Waals surface area contributed by atoms with Crippen molar-refractivity contribution in [2.24, 2.45) is 5.92 Å². The molecule has 0 radical (unpaired) electrons. The van der Waals surface area contributed by atoms with Crippen LogP contribution in [-0.2, 0) is 4.89 Å². The van der Waals surface area contributed by atoms with E-state index in [1.807, 2.05) is 6.92 Å². The van der Waals surface area contributed by atoms with Crippen LogP contribution in [0.3, 0.4) is 0 Å². The molecule has 0 aromatic carbocycles. The topological polar surface area (TPSA) is 49.7 Å². The molecule has 0 heterocycles. The Labute approximate surface area is 80.0 Å². The van der Waals surface area contributed by atoms with Gasteiger partial charge in [-0.3, -0.25) is 5.26 Å². The fourth-order valence-electron chi connectivity index (χ4n) is 1.19. The largest absolute Gasteiger partial charge is 0.396 e. The second-order valence-corrected chi connectivity index (χ2v) is 3.64. The molecule has 3 nitrogen and oxygen atoms in total. The van der Waals surface area contributed by atoms with Crippen molar-refractivity contribution in [3.63, 3.8) is 0 Å². The molecular weight excluding hydrogens is 168 g/mol. The smallest absolute Gasteiger partial charge is 0.113 e. The summed E-state index contributed by atoms with van der Waals surface area (Å²) in [7, 11) is 0. The Bertz CT molecular complexity index is 145. The Morgan fingerprint density at radius 2 is 2.00 bits per heavy atom. The molecule has 0 saturated carbocycles. The molecule has 3 heteroatoms. The highest BCUT2D eigenvalue weighted by molar-refractivity contribution is 4.97. The Hall–Kier alpha value is -0.380. The summed E-state index contributed by atoms with van der Waals surface area (Å²) >= 11 is 0. The SMILES string of the molecule is C=C(C)[C@@H](CC[C@@H](C)CCO)OO. The molecule has 13 heavy (non-hydrogen) atoms. The molecule has 0 rings (SSSR count). The third kappa shape index (κ3) is 5.80. The normalized spacial score (nSPS) is 15.4. The van der Waals surface area contributed by atoms with Crippen molar-refractivity contribution >= 4 is 0 Å². The summed E-state index contributed by atoms with van der Waals surface area (Å²) in [6.45, 7) is 7.84. The van der Waals surface area contributed by atoms with Crippen LogP contribution in [-0.4, -0.2) is 23.1 Å². The highest BCUT2D eigenvalue weighted by Gasteiger charge is 2.11. The molecule has 0 saturated heterocycles. The number of aliphatic hydroxyl groups is 1. The van der Waals surface area contributed by atoms with E-state index in [9.17, 15) is 0 Å². The van der Waals surface area contributed by atoms with Crippen LogP contribution in [0.5, 0.6) is 0 Å². The van der Waals surface area contributed by atoms with E-state index in [0.29, 0.717) is 5.92 Å². The second kappa shape index (κ2) is 7.06. The lowest BCUT2D eigenvalue weighted by molar-refractivity contribution is -0.270. The molecule has 0 spiro atoms. The molecule has 0 aliphatic carbocycles. The quantitative estimate of drug-likeness (QED) is 0.366. The molecule has 0 unspecified atom stereocenters. The zero-order valence-corrected chi connectivity index (χ0v) is 8.49. The number of hydrogen-bond acceptors (Lipinski definition) is 3. The minimum absolute atomic E-state index is 0.221. The molecule has 78 valence electrons. The summed E-state index contributed by atoms with van der Waals surface area (Å²) in [6, 6.07) is 0. The van der Waals surface area contributed by atoms with Gasteiger partial charge in [0, 0.05) is 6.61 Å². The van der Waals surface area contributed by atoms with Crippen molar-refractivity contribution in [3.05, 3.63) is 12.2 Å². The van der Waals surface area contributed by atoms with Crippen LogP contribution in [0.1, 0.15) is 33.1 Å².